The van der Waals surface area contributed by atoms with E-state index < -0.39 is 0 Å². The van der Waals surface area contributed by atoms with E-state index in [1.54, 1.807) is 24.3 Å². The average molecular weight is 500 g/mol. The fourth-order valence-corrected chi connectivity index (χ4v) is 3.86. The second-order valence-corrected chi connectivity index (χ2v) is 8.33. The lowest BCUT2D eigenvalue weighted by atomic mass is 10.1. The van der Waals surface area contributed by atoms with Gasteiger partial charge in [0, 0.05) is 22.6 Å². The van der Waals surface area contributed by atoms with Gasteiger partial charge in [0.25, 0.3) is 5.91 Å². The zero-order valence-corrected chi connectivity index (χ0v) is 19.1. The van der Waals surface area contributed by atoms with Gasteiger partial charge in [-0.15, -0.1) is 0 Å². The Hall–Kier alpha value is -2.96. The highest BCUT2D eigenvalue weighted by Crippen LogP contribution is 2.28. The normalized spacial score (nSPS) is 11.8. The van der Waals surface area contributed by atoms with E-state index in [9.17, 15) is 4.79 Å². The van der Waals surface area contributed by atoms with E-state index in [0.717, 1.165) is 15.7 Å². The van der Waals surface area contributed by atoms with Gasteiger partial charge in [-0.05, 0) is 67.1 Å². The maximum absolute atomic E-state index is 12.6. The first-order chi connectivity index (χ1) is 15.0. The maximum atomic E-state index is 12.6. The van der Waals surface area contributed by atoms with Crippen LogP contribution in [-0.2, 0) is 6.61 Å². The van der Waals surface area contributed by atoms with Crippen LogP contribution < -0.4 is 10.1 Å². The molecule has 0 aliphatic rings. The Kier molecular flexibility index (Phi) is 6.49. The van der Waals surface area contributed by atoms with Crippen LogP contribution in [-0.4, -0.2) is 10.5 Å². The largest absolute Gasteiger partial charge is 0.484 e. The Balaban J connectivity index is 1.38. The summed E-state index contributed by atoms with van der Waals surface area (Å²) >= 11 is 9.52. The van der Waals surface area contributed by atoms with Crippen molar-refractivity contribution in [3.8, 4) is 11.4 Å². The highest BCUT2D eigenvalue weighted by molar-refractivity contribution is 9.10. The minimum Gasteiger partial charge on any atom is -0.484 e. The minimum absolute atomic E-state index is 0.170. The number of ether oxygens (including phenoxy) is 1. The highest BCUT2D eigenvalue weighted by atomic mass is 79.9. The summed E-state index contributed by atoms with van der Waals surface area (Å²) in [6.45, 7) is 2.11. The number of hydrogen-bond donors (Lipinski definition) is 1. The number of nitrogens with zero attached hydrogens (tertiary/aromatic N) is 1. The number of hydrogen-bond acceptors (Lipinski definition) is 3. The lowest BCUT2D eigenvalue weighted by molar-refractivity contribution is 0.0907. The summed E-state index contributed by atoms with van der Waals surface area (Å²) in [7, 11) is 0. The predicted octanol–water partition coefficient (Wildman–Crippen LogP) is 6.56. The van der Waals surface area contributed by atoms with Crippen molar-refractivity contribution in [2.75, 3.05) is 0 Å². The van der Waals surface area contributed by atoms with E-state index in [1.807, 2.05) is 66.3 Å². The molecule has 4 aromatic rings. The number of halogens is 2. The molecule has 0 saturated heterocycles. The predicted molar refractivity (Wildman–Crippen MR) is 124 cm³/mol. The molecule has 2 heterocycles. The third kappa shape index (κ3) is 5.21. The van der Waals surface area contributed by atoms with Gasteiger partial charge in [-0.3, -0.25) is 4.79 Å². The molecule has 1 N–H and O–H groups in total. The Bertz CT molecular complexity index is 1190. The van der Waals surface area contributed by atoms with Crippen molar-refractivity contribution in [3.63, 3.8) is 0 Å². The SMILES string of the molecule is CC(NC(=O)c1ccc(COc2ccc(Br)cc2Cl)o1)c1cccc(-n2cccc2)c1. The van der Waals surface area contributed by atoms with Crippen LogP contribution in [0.5, 0.6) is 5.75 Å². The number of furan rings is 1. The van der Waals surface area contributed by atoms with Crippen molar-refractivity contribution in [1.29, 1.82) is 0 Å². The summed E-state index contributed by atoms with van der Waals surface area (Å²) in [5.74, 6) is 1.02. The van der Waals surface area contributed by atoms with Crippen molar-refractivity contribution >= 4 is 33.4 Å². The molecule has 0 aliphatic heterocycles. The lowest BCUT2D eigenvalue weighted by Gasteiger charge is -2.15. The van der Waals surface area contributed by atoms with Crippen LogP contribution in [0.2, 0.25) is 5.02 Å². The van der Waals surface area contributed by atoms with E-state index >= 15 is 0 Å². The molecule has 7 heteroatoms. The molecule has 0 aliphatic carbocycles. The molecule has 1 amide bonds. The average Bonchev–Trinajstić information content (AvgIpc) is 3.46. The molecule has 4 rings (SSSR count). The highest BCUT2D eigenvalue weighted by Gasteiger charge is 2.16. The maximum Gasteiger partial charge on any atom is 0.287 e. The van der Waals surface area contributed by atoms with Crippen LogP contribution >= 0.6 is 27.5 Å². The van der Waals surface area contributed by atoms with Crippen LogP contribution in [0.25, 0.3) is 5.69 Å². The molecular weight excluding hydrogens is 480 g/mol. The standard InChI is InChI=1S/C24H20BrClN2O3/c1-16(17-5-4-6-19(13-17)28-11-2-3-12-28)27-24(29)23-10-8-20(31-23)15-30-22-9-7-18(25)14-21(22)26/h2-14,16H,15H2,1H3,(H,27,29). The molecule has 0 saturated carbocycles. The van der Waals surface area contributed by atoms with Crippen molar-refractivity contribution in [1.82, 2.24) is 9.88 Å². The number of amides is 1. The van der Waals surface area contributed by atoms with E-state index in [2.05, 4.69) is 21.2 Å². The molecule has 0 fully saturated rings. The minimum atomic E-state index is -0.285. The molecule has 1 unspecified atom stereocenters. The number of aromatic nitrogens is 1. The molecule has 2 aromatic heterocycles. The Labute approximate surface area is 193 Å². The number of carbonyl (C=O) groups excluding carboxylic acids is 1. The summed E-state index contributed by atoms with van der Waals surface area (Å²) in [6, 6.07) is 20.5. The van der Waals surface area contributed by atoms with Gasteiger partial charge < -0.3 is 19.0 Å². The van der Waals surface area contributed by atoms with Gasteiger partial charge in [0.1, 0.15) is 18.1 Å². The molecular formula is C24H20BrClN2O3. The summed E-state index contributed by atoms with van der Waals surface area (Å²) in [6.07, 6.45) is 3.96. The van der Waals surface area contributed by atoms with Crippen molar-refractivity contribution in [2.24, 2.45) is 0 Å². The molecule has 1 atom stereocenters. The van der Waals surface area contributed by atoms with E-state index in [-0.39, 0.29) is 24.3 Å². The fraction of sp³-hybridized carbons (Fsp3) is 0.125. The van der Waals surface area contributed by atoms with Crippen LogP contribution in [0.15, 0.2) is 88.0 Å². The molecule has 31 heavy (non-hydrogen) atoms. The lowest BCUT2D eigenvalue weighted by Crippen LogP contribution is -2.26. The van der Waals surface area contributed by atoms with Crippen LogP contribution in [0.3, 0.4) is 0 Å². The summed E-state index contributed by atoms with van der Waals surface area (Å²) < 4.78 is 14.2. The first-order valence-corrected chi connectivity index (χ1v) is 10.9. The Morgan fingerprint density at radius 3 is 2.71 bits per heavy atom. The Morgan fingerprint density at radius 1 is 1.13 bits per heavy atom. The number of rotatable bonds is 7. The van der Waals surface area contributed by atoms with E-state index in [1.165, 1.54) is 0 Å². The van der Waals surface area contributed by atoms with Gasteiger partial charge in [0.2, 0.25) is 0 Å². The van der Waals surface area contributed by atoms with E-state index in [4.69, 9.17) is 20.8 Å². The first-order valence-electron chi connectivity index (χ1n) is 9.70. The van der Waals surface area contributed by atoms with Crippen molar-refractivity contribution in [2.45, 2.75) is 19.6 Å². The molecule has 158 valence electrons. The molecule has 5 nitrogen and oxygen atoms in total. The van der Waals surface area contributed by atoms with Gasteiger partial charge in [-0.25, -0.2) is 0 Å². The monoisotopic (exact) mass is 498 g/mol. The second kappa shape index (κ2) is 9.45. The Morgan fingerprint density at radius 2 is 1.94 bits per heavy atom. The number of benzene rings is 2. The number of carbonyl (C=O) groups is 1. The topological polar surface area (TPSA) is 56.4 Å². The third-order valence-electron chi connectivity index (χ3n) is 4.77. The molecule has 0 bridgehead atoms. The zero-order valence-electron chi connectivity index (χ0n) is 16.7. The van der Waals surface area contributed by atoms with Gasteiger partial charge in [-0.2, -0.15) is 0 Å². The van der Waals surface area contributed by atoms with Crippen molar-refractivity contribution < 1.29 is 13.9 Å². The molecule has 0 spiro atoms. The van der Waals surface area contributed by atoms with Crippen LogP contribution in [0.1, 0.15) is 34.8 Å². The smallest absolute Gasteiger partial charge is 0.287 e. The summed E-state index contributed by atoms with van der Waals surface area (Å²) in [5.41, 5.74) is 2.03. The molecule has 2 aromatic carbocycles. The van der Waals surface area contributed by atoms with Gasteiger partial charge >= 0.3 is 0 Å². The second-order valence-electron chi connectivity index (χ2n) is 7.01. The summed E-state index contributed by atoms with van der Waals surface area (Å²) in [5, 5.41) is 3.47. The van der Waals surface area contributed by atoms with Gasteiger partial charge in [0.05, 0.1) is 11.1 Å². The fourth-order valence-electron chi connectivity index (χ4n) is 3.13. The third-order valence-corrected chi connectivity index (χ3v) is 5.56. The first kappa shape index (κ1) is 21.3. The van der Waals surface area contributed by atoms with Crippen LogP contribution in [0.4, 0.5) is 0 Å². The van der Waals surface area contributed by atoms with Gasteiger partial charge in [0.15, 0.2) is 5.76 Å². The quantitative estimate of drug-likeness (QED) is 0.313. The number of nitrogens with one attached hydrogen (secondary N) is 1. The van der Waals surface area contributed by atoms with Gasteiger partial charge in [-0.1, -0.05) is 39.7 Å². The molecule has 0 radical (unpaired) electrons. The zero-order chi connectivity index (χ0) is 21.8. The van der Waals surface area contributed by atoms with E-state index in [0.29, 0.717) is 16.5 Å². The van der Waals surface area contributed by atoms with Crippen molar-refractivity contribution in [3.05, 3.63) is 106 Å². The van der Waals surface area contributed by atoms with Crippen LogP contribution in [0, 0.1) is 0 Å². The summed E-state index contributed by atoms with van der Waals surface area (Å²) in [4.78, 5) is 12.6.